The Morgan fingerprint density at radius 2 is 2.00 bits per heavy atom. The molecular formula is C13H17NO4S2. The Kier molecular flexibility index (Phi) is 4.72. The molecule has 1 aliphatic rings. The number of carbonyl (C=O) groups excluding carboxylic acids is 1. The van der Waals surface area contributed by atoms with Gasteiger partial charge in [0, 0.05) is 25.3 Å². The molecule has 2 rings (SSSR count). The summed E-state index contributed by atoms with van der Waals surface area (Å²) < 4.78 is 31.4. The van der Waals surface area contributed by atoms with Gasteiger partial charge in [0.05, 0.1) is 12.0 Å². The molecule has 1 aliphatic heterocycles. The predicted octanol–water partition coefficient (Wildman–Crippen LogP) is 1.74. The normalized spacial score (nSPS) is 20.0. The van der Waals surface area contributed by atoms with Crippen LogP contribution in [0.4, 0.5) is 0 Å². The smallest absolute Gasteiger partial charge is 0.243 e. The average molecular weight is 315 g/mol. The van der Waals surface area contributed by atoms with Crippen molar-refractivity contribution in [2.75, 3.05) is 20.2 Å². The summed E-state index contributed by atoms with van der Waals surface area (Å²) in [6.45, 7) is 2.35. The first-order valence-electron chi connectivity index (χ1n) is 6.25. The van der Waals surface area contributed by atoms with E-state index in [9.17, 15) is 13.2 Å². The van der Waals surface area contributed by atoms with Gasteiger partial charge in [0.25, 0.3) is 0 Å². The number of rotatable bonds is 4. The molecule has 0 amide bonds. The second-order valence-electron chi connectivity index (χ2n) is 4.56. The second-order valence-corrected chi connectivity index (χ2v) is 7.97. The van der Waals surface area contributed by atoms with Gasteiger partial charge >= 0.3 is 0 Å². The molecule has 20 heavy (non-hydrogen) atoms. The molecule has 0 unspecified atom stereocenters. The van der Waals surface area contributed by atoms with Gasteiger partial charge in [-0.3, -0.25) is 4.79 Å². The molecule has 7 heteroatoms. The van der Waals surface area contributed by atoms with Gasteiger partial charge in [0.2, 0.25) is 10.0 Å². The van der Waals surface area contributed by atoms with E-state index >= 15 is 0 Å². The van der Waals surface area contributed by atoms with Crippen molar-refractivity contribution < 1.29 is 17.9 Å². The molecule has 0 spiro atoms. The number of sulfonamides is 1. The van der Waals surface area contributed by atoms with Gasteiger partial charge < -0.3 is 4.74 Å². The Labute approximate surface area is 123 Å². The van der Waals surface area contributed by atoms with Gasteiger partial charge in [-0.15, -0.1) is 0 Å². The standard InChI is InChI=1S/C13H17NO4S2/c1-10(15)19-12-7-8-14(9-12)20(16,17)13-5-3-11(18-2)4-6-13/h3-6,12H,7-9H2,1-2H3/t12-/m1/s1. The summed E-state index contributed by atoms with van der Waals surface area (Å²) >= 11 is 1.22. The third-order valence-corrected chi connectivity index (χ3v) is 6.07. The zero-order valence-electron chi connectivity index (χ0n) is 11.4. The summed E-state index contributed by atoms with van der Waals surface area (Å²) in [6, 6.07) is 6.34. The summed E-state index contributed by atoms with van der Waals surface area (Å²) in [7, 11) is -1.94. The summed E-state index contributed by atoms with van der Waals surface area (Å²) in [5, 5.41) is 0.0826. The van der Waals surface area contributed by atoms with Gasteiger partial charge in [0.15, 0.2) is 5.12 Å². The predicted molar refractivity (Wildman–Crippen MR) is 78.4 cm³/mol. The molecule has 1 atom stereocenters. The van der Waals surface area contributed by atoms with Crippen LogP contribution in [0.3, 0.4) is 0 Å². The number of nitrogens with zero attached hydrogens (tertiary/aromatic N) is 1. The fourth-order valence-electron chi connectivity index (χ4n) is 2.14. The van der Waals surface area contributed by atoms with E-state index in [4.69, 9.17) is 4.74 Å². The van der Waals surface area contributed by atoms with Crippen LogP contribution >= 0.6 is 11.8 Å². The van der Waals surface area contributed by atoms with E-state index in [1.54, 1.807) is 24.3 Å². The Balaban J connectivity index is 2.12. The number of carbonyl (C=O) groups is 1. The van der Waals surface area contributed by atoms with Crippen LogP contribution in [0, 0.1) is 0 Å². The van der Waals surface area contributed by atoms with E-state index in [0.717, 1.165) is 0 Å². The Morgan fingerprint density at radius 3 is 2.55 bits per heavy atom. The van der Waals surface area contributed by atoms with Crippen molar-refractivity contribution in [1.29, 1.82) is 0 Å². The van der Waals surface area contributed by atoms with Crippen LogP contribution in [-0.2, 0) is 14.8 Å². The highest BCUT2D eigenvalue weighted by Gasteiger charge is 2.33. The molecule has 0 radical (unpaired) electrons. The van der Waals surface area contributed by atoms with Crippen LogP contribution in [0.15, 0.2) is 29.2 Å². The van der Waals surface area contributed by atoms with Crippen LogP contribution in [-0.4, -0.2) is 43.3 Å². The molecule has 1 saturated heterocycles. The third kappa shape index (κ3) is 3.34. The van der Waals surface area contributed by atoms with Crippen molar-refractivity contribution in [1.82, 2.24) is 4.31 Å². The molecule has 5 nitrogen and oxygen atoms in total. The fourth-order valence-corrected chi connectivity index (χ4v) is 4.69. The minimum Gasteiger partial charge on any atom is -0.497 e. The summed E-state index contributed by atoms with van der Waals surface area (Å²) in [4.78, 5) is 11.3. The zero-order chi connectivity index (χ0) is 14.8. The highest BCUT2D eigenvalue weighted by Crippen LogP contribution is 2.28. The number of hydrogen-bond acceptors (Lipinski definition) is 5. The zero-order valence-corrected chi connectivity index (χ0v) is 13.0. The average Bonchev–Trinajstić information content (AvgIpc) is 2.87. The molecule has 0 bridgehead atoms. The van der Waals surface area contributed by atoms with E-state index in [1.807, 2.05) is 0 Å². The summed E-state index contributed by atoms with van der Waals surface area (Å²) in [5.41, 5.74) is 0. The van der Waals surface area contributed by atoms with Gasteiger partial charge in [-0.25, -0.2) is 8.42 Å². The highest BCUT2D eigenvalue weighted by molar-refractivity contribution is 8.14. The maximum absolute atomic E-state index is 12.5. The van der Waals surface area contributed by atoms with Gasteiger partial charge in [-0.05, 0) is 30.7 Å². The highest BCUT2D eigenvalue weighted by atomic mass is 32.2. The van der Waals surface area contributed by atoms with Crippen LogP contribution in [0.2, 0.25) is 0 Å². The van der Waals surface area contributed by atoms with Crippen molar-refractivity contribution in [3.8, 4) is 5.75 Å². The van der Waals surface area contributed by atoms with Crippen molar-refractivity contribution in [2.24, 2.45) is 0 Å². The lowest BCUT2D eigenvalue weighted by molar-refractivity contribution is -0.109. The molecule has 0 aliphatic carbocycles. The van der Waals surface area contributed by atoms with E-state index in [-0.39, 0.29) is 15.3 Å². The summed E-state index contributed by atoms with van der Waals surface area (Å²) in [5.74, 6) is 0.621. The van der Waals surface area contributed by atoms with Gasteiger partial charge in [0.1, 0.15) is 5.75 Å². The first-order valence-corrected chi connectivity index (χ1v) is 8.57. The van der Waals surface area contributed by atoms with E-state index < -0.39 is 10.0 Å². The monoisotopic (exact) mass is 315 g/mol. The molecule has 1 fully saturated rings. The quantitative estimate of drug-likeness (QED) is 0.847. The first kappa shape index (κ1) is 15.3. The molecule has 0 aromatic heterocycles. The lowest BCUT2D eigenvalue weighted by Gasteiger charge is -2.16. The number of methoxy groups -OCH3 is 1. The minimum absolute atomic E-state index is 0.0266. The van der Waals surface area contributed by atoms with Crippen LogP contribution in [0.5, 0.6) is 5.75 Å². The van der Waals surface area contributed by atoms with Crippen molar-refractivity contribution in [3.63, 3.8) is 0 Å². The number of benzene rings is 1. The van der Waals surface area contributed by atoms with Gasteiger partial charge in [-0.2, -0.15) is 4.31 Å². The Morgan fingerprint density at radius 1 is 1.35 bits per heavy atom. The third-order valence-electron chi connectivity index (χ3n) is 3.14. The summed E-state index contributed by atoms with van der Waals surface area (Å²) in [6.07, 6.45) is 0.708. The maximum atomic E-state index is 12.5. The second kappa shape index (κ2) is 6.15. The van der Waals surface area contributed by atoms with Crippen molar-refractivity contribution in [2.45, 2.75) is 23.5 Å². The molecule has 1 aromatic rings. The topological polar surface area (TPSA) is 63.7 Å². The Bertz CT molecular complexity index is 583. The van der Waals surface area contributed by atoms with Crippen LogP contribution in [0.1, 0.15) is 13.3 Å². The molecular weight excluding hydrogens is 298 g/mol. The minimum atomic E-state index is -3.48. The van der Waals surface area contributed by atoms with E-state index in [2.05, 4.69) is 0 Å². The van der Waals surface area contributed by atoms with Crippen LogP contribution in [0.25, 0.3) is 0 Å². The number of ether oxygens (including phenoxy) is 1. The SMILES string of the molecule is COc1ccc(S(=O)(=O)N2CC[C@@H](SC(C)=O)C2)cc1. The van der Waals surface area contributed by atoms with Gasteiger partial charge in [-0.1, -0.05) is 11.8 Å². The molecule has 0 saturated carbocycles. The Hall–Kier alpha value is -1.05. The number of hydrogen-bond donors (Lipinski definition) is 0. The number of thioether (sulfide) groups is 1. The van der Waals surface area contributed by atoms with E-state index in [1.165, 1.54) is 30.1 Å². The fraction of sp³-hybridized carbons (Fsp3) is 0.462. The molecule has 1 aromatic carbocycles. The molecule has 110 valence electrons. The van der Waals surface area contributed by atoms with Crippen molar-refractivity contribution in [3.05, 3.63) is 24.3 Å². The molecule has 0 N–H and O–H groups in total. The lowest BCUT2D eigenvalue weighted by atomic mass is 10.3. The first-order chi connectivity index (χ1) is 9.43. The van der Waals surface area contributed by atoms with Crippen LogP contribution < -0.4 is 4.74 Å². The van der Waals surface area contributed by atoms with E-state index in [0.29, 0.717) is 25.3 Å². The maximum Gasteiger partial charge on any atom is 0.243 e. The van der Waals surface area contributed by atoms with Crippen molar-refractivity contribution >= 4 is 26.9 Å². The largest absolute Gasteiger partial charge is 0.497 e. The molecule has 1 heterocycles. The lowest BCUT2D eigenvalue weighted by Crippen LogP contribution is -2.29.